The topological polar surface area (TPSA) is 52.7 Å². The minimum atomic E-state index is 0.0721. The first-order valence-corrected chi connectivity index (χ1v) is 7.60. The van der Waals surface area contributed by atoms with Crippen molar-refractivity contribution in [2.45, 2.75) is 18.9 Å². The summed E-state index contributed by atoms with van der Waals surface area (Å²) in [6, 6.07) is 9.54. The van der Waals surface area contributed by atoms with Gasteiger partial charge in [-0.15, -0.1) is 0 Å². The maximum Gasteiger partial charge on any atom is 0.253 e. The van der Waals surface area contributed by atoms with Crippen molar-refractivity contribution in [2.75, 3.05) is 32.7 Å². The largest absolute Gasteiger partial charge is 0.337 e. The van der Waals surface area contributed by atoms with E-state index in [1.165, 1.54) is 0 Å². The standard InChI is InChI=1S/C16H21N3O2/c20-15-11-17-8-10-19(15)14-7-4-9-18(12-14)16(21)13-5-2-1-3-6-13/h1-3,5-6,14,17H,4,7-12H2. The molecule has 0 spiro atoms. The Morgan fingerprint density at radius 2 is 2.00 bits per heavy atom. The molecule has 21 heavy (non-hydrogen) atoms. The van der Waals surface area contributed by atoms with Crippen LogP contribution in [0.4, 0.5) is 0 Å². The van der Waals surface area contributed by atoms with Crippen molar-refractivity contribution in [1.29, 1.82) is 0 Å². The zero-order chi connectivity index (χ0) is 14.7. The minimum Gasteiger partial charge on any atom is -0.337 e. The quantitative estimate of drug-likeness (QED) is 0.872. The molecule has 2 aliphatic rings. The molecule has 112 valence electrons. The van der Waals surface area contributed by atoms with Crippen LogP contribution in [-0.2, 0) is 4.79 Å². The van der Waals surface area contributed by atoms with Gasteiger partial charge in [0.1, 0.15) is 0 Å². The summed E-state index contributed by atoms with van der Waals surface area (Å²) < 4.78 is 0. The van der Waals surface area contributed by atoms with Crippen LogP contribution >= 0.6 is 0 Å². The Morgan fingerprint density at radius 1 is 1.19 bits per heavy atom. The van der Waals surface area contributed by atoms with E-state index in [1.807, 2.05) is 40.1 Å². The Bertz CT molecular complexity index is 518. The number of carbonyl (C=O) groups is 2. The van der Waals surface area contributed by atoms with Gasteiger partial charge in [0.15, 0.2) is 0 Å². The van der Waals surface area contributed by atoms with E-state index in [4.69, 9.17) is 0 Å². The molecule has 0 saturated carbocycles. The summed E-state index contributed by atoms with van der Waals surface area (Å²) in [7, 11) is 0. The van der Waals surface area contributed by atoms with Crippen LogP contribution in [0.25, 0.3) is 0 Å². The Balaban J connectivity index is 1.68. The van der Waals surface area contributed by atoms with Gasteiger partial charge in [-0.2, -0.15) is 0 Å². The van der Waals surface area contributed by atoms with Crippen LogP contribution in [0.3, 0.4) is 0 Å². The van der Waals surface area contributed by atoms with E-state index in [9.17, 15) is 9.59 Å². The molecule has 1 aromatic rings. The lowest BCUT2D eigenvalue weighted by Gasteiger charge is -2.41. The Hall–Kier alpha value is -1.88. The second-order valence-corrected chi connectivity index (χ2v) is 5.68. The first-order chi connectivity index (χ1) is 10.3. The molecule has 0 bridgehead atoms. The normalized spacial score (nSPS) is 23.2. The van der Waals surface area contributed by atoms with Crippen LogP contribution in [0.2, 0.25) is 0 Å². The summed E-state index contributed by atoms with van der Waals surface area (Å²) in [6.07, 6.45) is 1.95. The molecule has 1 aromatic carbocycles. The number of nitrogens with zero attached hydrogens (tertiary/aromatic N) is 2. The van der Waals surface area contributed by atoms with Crippen LogP contribution < -0.4 is 5.32 Å². The molecular formula is C16H21N3O2. The molecule has 1 N–H and O–H groups in total. The van der Waals surface area contributed by atoms with Gasteiger partial charge in [-0.25, -0.2) is 0 Å². The molecule has 5 heteroatoms. The van der Waals surface area contributed by atoms with Crippen LogP contribution in [0.15, 0.2) is 30.3 Å². The molecule has 3 rings (SSSR count). The number of piperidine rings is 1. The van der Waals surface area contributed by atoms with E-state index < -0.39 is 0 Å². The van der Waals surface area contributed by atoms with Gasteiger partial charge in [-0.05, 0) is 25.0 Å². The number of hydrogen-bond donors (Lipinski definition) is 1. The predicted molar refractivity (Wildman–Crippen MR) is 80.0 cm³/mol. The van der Waals surface area contributed by atoms with Crippen molar-refractivity contribution < 1.29 is 9.59 Å². The van der Waals surface area contributed by atoms with Crippen molar-refractivity contribution in [3.8, 4) is 0 Å². The number of nitrogens with one attached hydrogen (secondary N) is 1. The van der Waals surface area contributed by atoms with Gasteiger partial charge in [-0.1, -0.05) is 18.2 Å². The molecular weight excluding hydrogens is 266 g/mol. The summed E-state index contributed by atoms with van der Waals surface area (Å²) in [5.41, 5.74) is 0.727. The highest BCUT2D eigenvalue weighted by Crippen LogP contribution is 2.19. The van der Waals surface area contributed by atoms with E-state index in [0.717, 1.165) is 38.0 Å². The molecule has 1 atom stereocenters. The van der Waals surface area contributed by atoms with Gasteiger partial charge in [0.25, 0.3) is 5.91 Å². The van der Waals surface area contributed by atoms with Gasteiger partial charge in [-0.3, -0.25) is 9.59 Å². The molecule has 0 aliphatic carbocycles. The summed E-state index contributed by atoms with van der Waals surface area (Å²) in [5, 5.41) is 3.09. The van der Waals surface area contributed by atoms with E-state index in [2.05, 4.69) is 5.32 Å². The van der Waals surface area contributed by atoms with Gasteiger partial charge < -0.3 is 15.1 Å². The number of carbonyl (C=O) groups excluding carboxylic acids is 2. The van der Waals surface area contributed by atoms with Crippen LogP contribution in [0.1, 0.15) is 23.2 Å². The highest BCUT2D eigenvalue weighted by atomic mass is 16.2. The maximum absolute atomic E-state index is 12.5. The molecule has 0 aromatic heterocycles. The van der Waals surface area contributed by atoms with Crippen molar-refractivity contribution in [2.24, 2.45) is 0 Å². The minimum absolute atomic E-state index is 0.0721. The molecule has 1 unspecified atom stereocenters. The number of piperazine rings is 1. The van der Waals surface area contributed by atoms with Gasteiger partial charge >= 0.3 is 0 Å². The zero-order valence-corrected chi connectivity index (χ0v) is 12.1. The third-order valence-electron chi connectivity index (χ3n) is 4.27. The number of amides is 2. The third kappa shape index (κ3) is 3.08. The van der Waals surface area contributed by atoms with Gasteiger partial charge in [0.2, 0.25) is 5.91 Å². The first kappa shape index (κ1) is 14.1. The number of likely N-dealkylation sites (tertiary alicyclic amines) is 1. The molecule has 2 amide bonds. The van der Waals surface area contributed by atoms with E-state index >= 15 is 0 Å². The van der Waals surface area contributed by atoms with E-state index in [0.29, 0.717) is 13.1 Å². The average molecular weight is 287 g/mol. The van der Waals surface area contributed by atoms with Crippen molar-refractivity contribution in [3.05, 3.63) is 35.9 Å². The monoisotopic (exact) mass is 287 g/mol. The van der Waals surface area contributed by atoms with E-state index in [1.54, 1.807) is 0 Å². The molecule has 2 fully saturated rings. The van der Waals surface area contributed by atoms with Crippen molar-refractivity contribution >= 4 is 11.8 Å². The second-order valence-electron chi connectivity index (χ2n) is 5.68. The van der Waals surface area contributed by atoms with Crippen LogP contribution in [-0.4, -0.2) is 60.4 Å². The van der Waals surface area contributed by atoms with Gasteiger partial charge in [0, 0.05) is 37.8 Å². The fraction of sp³-hybridized carbons (Fsp3) is 0.500. The Kier molecular flexibility index (Phi) is 4.20. The fourth-order valence-corrected chi connectivity index (χ4v) is 3.16. The summed E-state index contributed by atoms with van der Waals surface area (Å²) in [5.74, 6) is 0.225. The number of hydrogen-bond acceptors (Lipinski definition) is 3. The lowest BCUT2D eigenvalue weighted by molar-refractivity contribution is -0.135. The van der Waals surface area contributed by atoms with Crippen molar-refractivity contribution in [3.63, 3.8) is 0 Å². The van der Waals surface area contributed by atoms with Gasteiger partial charge in [0.05, 0.1) is 6.54 Å². The molecule has 5 nitrogen and oxygen atoms in total. The molecule has 0 radical (unpaired) electrons. The number of benzene rings is 1. The smallest absolute Gasteiger partial charge is 0.253 e. The second kappa shape index (κ2) is 6.26. The van der Waals surface area contributed by atoms with Crippen LogP contribution in [0, 0.1) is 0 Å². The average Bonchev–Trinajstić information content (AvgIpc) is 2.55. The molecule has 2 aliphatic heterocycles. The summed E-state index contributed by atoms with van der Waals surface area (Å²) >= 11 is 0. The highest BCUT2D eigenvalue weighted by molar-refractivity contribution is 5.94. The maximum atomic E-state index is 12.5. The lowest BCUT2D eigenvalue weighted by atomic mass is 10.0. The summed E-state index contributed by atoms with van der Waals surface area (Å²) in [4.78, 5) is 28.4. The van der Waals surface area contributed by atoms with Crippen molar-refractivity contribution in [1.82, 2.24) is 15.1 Å². The molecule has 2 heterocycles. The lowest BCUT2D eigenvalue weighted by Crippen LogP contribution is -2.57. The number of rotatable bonds is 2. The first-order valence-electron chi connectivity index (χ1n) is 7.60. The fourth-order valence-electron chi connectivity index (χ4n) is 3.16. The SMILES string of the molecule is O=C(c1ccccc1)N1CCCC(N2CCNCC2=O)C1. The van der Waals surface area contributed by atoms with Crippen LogP contribution in [0.5, 0.6) is 0 Å². The van der Waals surface area contributed by atoms with E-state index in [-0.39, 0.29) is 17.9 Å². The Morgan fingerprint density at radius 3 is 2.76 bits per heavy atom. The molecule has 2 saturated heterocycles. The highest BCUT2D eigenvalue weighted by Gasteiger charge is 2.31. The Labute approximate surface area is 124 Å². The zero-order valence-electron chi connectivity index (χ0n) is 12.1. The predicted octanol–water partition coefficient (Wildman–Crippen LogP) is 0.723. The third-order valence-corrected chi connectivity index (χ3v) is 4.27. The summed E-state index contributed by atoms with van der Waals surface area (Å²) in [6.45, 7) is 3.44.